The monoisotopic (exact) mass is 808 g/mol. The topological polar surface area (TPSA) is 310 Å². The third-order valence-corrected chi connectivity index (χ3v) is 75.5. The van der Waals surface area contributed by atoms with Crippen LogP contribution in [0.15, 0.2) is 0 Å². The fourth-order valence-corrected chi connectivity index (χ4v) is 94.7. The van der Waals surface area contributed by atoms with Crippen LogP contribution in [0.1, 0.15) is 0 Å². The zero-order valence-corrected chi connectivity index (χ0v) is 32.0. The molecule has 0 aromatic carbocycles. The average molecular weight is 809 g/mol. The fourth-order valence-electron chi connectivity index (χ4n) is 3.01. The Morgan fingerprint density at radius 1 is 0.250 bits per heavy atom. The minimum atomic E-state index is -7.13. The molecule has 0 aliphatic carbocycles. The smallest absolute Gasteiger partial charge is 0.372 e. The van der Waals surface area contributed by atoms with Crippen LogP contribution in [0.3, 0.4) is 0 Å². The normalized spacial score (nSPS) is 23.0. The Labute approximate surface area is 233 Å². The van der Waals surface area contributed by atoms with Crippen molar-refractivity contribution in [1.82, 2.24) is 0 Å². The van der Waals surface area contributed by atoms with Crippen molar-refractivity contribution in [2.45, 2.75) is 0 Å². The highest BCUT2D eigenvalue weighted by molar-refractivity contribution is 8.57. The van der Waals surface area contributed by atoms with Gasteiger partial charge in [0.25, 0.3) is 0 Å². The molecule has 0 radical (unpaired) electrons. The summed E-state index contributed by atoms with van der Waals surface area (Å²) in [5.41, 5.74) is 0. The molecule has 1 saturated heterocycles. The van der Waals surface area contributed by atoms with E-state index in [2.05, 4.69) is 0 Å². The predicted octanol–water partition coefficient (Wildman–Crippen LogP) is -5.83. The predicted molar refractivity (Wildman–Crippen MR) is 146 cm³/mol. The minimum absolute atomic E-state index is 0.0763. The van der Waals surface area contributed by atoms with Crippen LogP contribution >= 0.6 is 0 Å². The summed E-state index contributed by atoms with van der Waals surface area (Å²) in [5, 5.41) is 0. The van der Waals surface area contributed by atoms with E-state index < -0.39 is 102 Å². The highest BCUT2D eigenvalue weighted by Gasteiger charge is 2.86. The van der Waals surface area contributed by atoms with Crippen LogP contribution in [0.4, 0.5) is 0 Å². The van der Waals surface area contributed by atoms with E-state index in [1.54, 1.807) is 0 Å². The van der Waals surface area contributed by atoms with Crippen LogP contribution in [0.5, 0.6) is 0 Å². The maximum Gasteiger partial charge on any atom is 0.584 e. The lowest BCUT2D eigenvalue weighted by Crippen LogP contribution is -2.82. The third-order valence-electron chi connectivity index (χ3n) is 4.63. The summed E-state index contributed by atoms with van der Waals surface area (Å²) >= 11 is 0. The molecule has 0 aromatic heterocycles. The second kappa shape index (κ2) is 9.91. The SMILES string of the molecule is CS(=O)(=O)[Si]1(S(C)(=O)=O)O[Si](S(C)(=O)=O)(S(C)(=O)=O)O[Si](S(C)(=O)=O)(S(C)(=O)=O)O[Si](S(C)(=O)=O)(S(C)(=O)=O)O1. The van der Waals surface area contributed by atoms with Crippen LogP contribution in [0.2, 0.25) is 0 Å². The Kier molecular flexibility index (Phi) is 9.49. The molecule has 0 spiro atoms. The van der Waals surface area contributed by atoms with Gasteiger partial charge in [0.15, 0.2) is 74.3 Å². The summed E-state index contributed by atoms with van der Waals surface area (Å²) in [6, 6.07) is 0. The maximum atomic E-state index is 13.0. The molecule has 0 bridgehead atoms. The molecule has 1 heterocycles. The van der Waals surface area contributed by atoms with Gasteiger partial charge in [-0.3, -0.25) is 0 Å². The molecule has 20 nitrogen and oxygen atoms in total. The summed E-state index contributed by atoms with van der Waals surface area (Å²) in [5.74, 6) is 0. The van der Waals surface area contributed by atoms with Gasteiger partial charge in [0.05, 0.1) is 0 Å². The first-order chi connectivity index (χ1) is 16.8. The molecule has 1 aliphatic heterocycles. The van der Waals surface area contributed by atoms with Gasteiger partial charge < -0.3 is 16.5 Å². The zero-order chi connectivity index (χ0) is 32.8. The number of rotatable bonds is 8. The Balaban J connectivity index is 5.16. The van der Waals surface area contributed by atoms with Gasteiger partial charge >= 0.3 is 27.4 Å². The van der Waals surface area contributed by atoms with Gasteiger partial charge in [-0.2, -0.15) is 0 Å². The van der Waals surface area contributed by atoms with E-state index >= 15 is 0 Å². The van der Waals surface area contributed by atoms with Crippen LogP contribution in [0, 0.1) is 0 Å². The van der Waals surface area contributed by atoms with Crippen molar-refractivity contribution in [1.29, 1.82) is 0 Å². The molecule has 0 aromatic rings. The first kappa shape index (κ1) is 38.3. The number of hydrogen-bond donors (Lipinski definition) is 0. The molecule has 240 valence electrons. The lowest BCUT2D eigenvalue weighted by molar-refractivity contribution is 0.291. The lowest BCUT2D eigenvalue weighted by Gasteiger charge is -2.45. The summed E-state index contributed by atoms with van der Waals surface area (Å²) in [7, 11) is -46.4. The summed E-state index contributed by atoms with van der Waals surface area (Å²) < 4.78 is 228. The van der Waals surface area contributed by atoms with Crippen molar-refractivity contribution in [3.63, 3.8) is 0 Å². The maximum absolute atomic E-state index is 13.0. The molecule has 0 unspecified atom stereocenters. The van der Waals surface area contributed by atoms with E-state index in [1.165, 1.54) is 0 Å². The van der Waals surface area contributed by atoms with Gasteiger partial charge in [-0.05, 0) is 0 Å². The van der Waals surface area contributed by atoms with Gasteiger partial charge in [-0.15, -0.1) is 0 Å². The fraction of sp³-hybridized carbons (Fsp3) is 1.00. The molecule has 0 amide bonds. The molecular formula is C8H24O20S8Si4. The highest BCUT2D eigenvalue weighted by Crippen LogP contribution is 2.44. The molecule has 1 aliphatic rings. The van der Waals surface area contributed by atoms with Gasteiger partial charge in [-0.1, -0.05) is 0 Å². The second-order valence-electron chi connectivity index (χ2n) is 8.59. The second-order valence-corrected chi connectivity index (χ2v) is 62.0. The summed E-state index contributed by atoms with van der Waals surface area (Å²) in [6.45, 7) is -28.5. The first-order valence-corrected chi connectivity index (χ1v) is 37.4. The van der Waals surface area contributed by atoms with Crippen molar-refractivity contribution in [3.8, 4) is 0 Å². The molecule has 1 rings (SSSR count). The van der Waals surface area contributed by atoms with Crippen LogP contribution in [-0.2, 0) is 90.8 Å². The van der Waals surface area contributed by atoms with E-state index in [9.17, 15) is 67.3 Å². The van der Waals surface area contributed by atoms with Crippen molar-refractivity contribution in [2.24, 2.45) is 0 Å². The van der Waals surface area contributed by atoms with Gasteiger partial charge in [0.2, 0.25) is 0 Å². The van der Waals surface area contributed by atoms with Gasteiger partial charge in [0, 0.05) is 50.0 Å². The Bertz CT molecular complexity index is 1550. The molecule has 40 heavy (non-hydrogen) atoms. The van der Waals surface area contributed by atoms with E-state index in [0.29, 0.717) is 0 Å². The van der Waals surface area contributed by atoms with Gasteiger partial charge in [0.1, 0.15) is 0 Å². The zero-order valence-electron chi connectivity index (χ0n) is 21.4. The lowest BCUT2D eigenvalue weighted by atomic mass is 12.0. The molecule has 0 atom stereocenters. The largest absolute Gasteiger partial charge is 0.584 e. The van der Waals surface area contributed by atoms with Crippen molar-refractivity contribution < 1.29 is 83.8 Å². The van der Waals surface area contributed by atoms with Crippen LogP contribution in [-0.4, -0.2) is 145 Å². The van der Waals surface area contributed by atoms with E-state index in [1.807, 2.05) is 0 Å². The van der Waals surface area contributed by atoms with Crippen molar-refractivity contribution >= 4 is 102 Å². The number of hydrogen-bond acceptors (Lipinski definition) is 20. The van der Waals surface area contributed by atoms with Crippen molar-refractivity contribution in [2.75, 3.05) is 50.0 Å². The van der Waals surface area contributed by atoms with E-state index in [4.69, 9.17) is 16.5 Å². The molecule has 0 N–H and O–H groups in total. The quantitative estimate of drug-likeness (QED) is 0.206. The van der Waals surface area contributed by atoms with Gasteiger partial charge in [-0.25, -0.2) is 67.3 Å². The minimum Gasteiger partial charge on any atom is -0.372 e. The molecular weight excluding hydrogens is 785 g/mol. The van der Waals surface area contributed by atoms with Crippen LogP contribution < -0.4 is 0 Å². The molecule has 1 fully saturated rings. The summed E-state index contributed by atoms with van der Waals surface area (Å²) in [4.78, 5) is 0. The molecule has 0 saturated carbocycles. The Morgan fingerprint density at radius 3 is 0.375 bits per heavy atom. The standard InChI is InChI=1S/C8H24O20S8Si4/c1-29(9,10)37(30(2,11)12)25-38(31(3,13)14,32(4,15)16)27-40(35(7,21)22,36(8,23)24)28-39(26-37,33(5,17)18)34(6,19)20/h1-8H3. The van der Waals surface area contributed by atoms with E-state index in [0.717, 1.165) is 0 Å². The average Bonchev–Trinajstić information content (AvgIpc) is 2.52. The van der Waals surface area contributed by atoms with Crippen molar-refractivity contribution in [3.05, 3.63) is 0 Å². The Morgan fingerprint density at radius 2 is 0.325 bits per heavy atom. The first-order valence-electron chi connectivity index (χ1n) is 9.20. The third kappa shape index (κ3) is 5.75. The van der Waals surface area contributed by atoms with E-state index in [-0.39, 0.29) is 50.0 Å². The highest BCUT2D eigenvalue weighted by atomic mass is 32.7. The van der Waals surface area contributed by atoms with Crippen LogP contribution in [0.25, 0.3) is 0 Å². The summed E-state index contributed by atoms with van der Waals surface area (Å²) in [6.07, 6.45) is -0.610. The Hall–Kier alpha value is 0.308. The molecule has 32 heteroatoms.